The molecule has 0 saturated carbocycles. The minimum absolute atomic E-state index is 0.186. The van der Waals surface area contributed by atoms with Crippen molar-refractivity contribution >= 4 is 0 Å². The van der Waals surface area contributed by atoms with E-state index in [0.717, 1.165) is 6.07 Å². The van der Waals surface area contributed by atoms with E-state index < -0.39 is 22.8 Å². The van der Waals surface area contributed by atoms with E-state index >= 15 is 0 Å². The van der Waals surface area contributed by atoms with E-state index in [1.165, 1.54) is 12.1 Å². The number of hydrogen-bond acceptors (Lipinski definition) is 2. The molecule has 1 aromatic rings. The molecule has 1 aromatic carbocycles. The zero-order chi connectivity index (χ0) is 13.4. The highest BCUT2D eigenvalue weighted by Gasteiger charge is 2.39. The van der Waals surface area contributed by atoms with Crippen molar-refractivity contribution in [1.82, 2.24) is 0 Å². The van der Waals surface area contributed by atoms with Crippen LogP contribution in [0.4, 0.5) is 8.78 Å². The quantitative estimate of drug-likeness (QED) is 0.881. The van der Waals surface area contributed by atoms with Gasteiger partial charge in [-0.2, -0.15) is 0 Å². The molecule has 1 aliphatic heterocycles. The number of aliphatic hydroxyl groups is 1. The maximum Gasteiger partial charge on any atom is 0.129 e. The molecule has 0 aliphatic carbocycles. The summed E-state index contributed by atoms with van der Waals surface area (Å²) in [6.45, 7) is 4.25. The summed E-state index contributed by atoms with van der Waals surface area (Å²) in [4.78, 5) is 0. The molecule has 0 spiro atoms. The van der Waals surface area contributed by atoms with Crippen molar-refractivity contribution in [3.8, 4) is 0 Å². The van der Waals surface area contributed by atoms with Gasteiger partial charge in [-0.05, 0) is 31.9 Å². The summed E-state index contributed by atoms with van der Waals surface area (Å²) >= 11 is 0. The van der Waals surface area contributed by atoms with Gasteiger partial charge >= 0.3 is 0 Å². The van der Waals surface area contributed by atoms with Gasteiger partial charge in [0.25, 0.3) is 0 Å². The molecule has 100 valence electrons. The highest BCUT2D eigenvalue weighted by molar-refractivity contribution is 5.21. The Labute approximate surface area is 106 Å². The van der Waals surface area contributed by atoms with Gasteiger partial charge in [-0.25, -0.2) is 8.78 Å². The molecule has 1 saturated heterocycles. The maximum absolute atomic E-state index is 13.6. The van der Waals surface area contributed by atoms with E-state index in [1.807, 2.05) is 13.8 Å². The number of benzene rings is 1. The minimum Gasteiger partial charge on any atom is -0.389 e. The number of rotatable bonds is 2. The van der Waals surface area contributed by atoms with Crippen molar-refractivity contribution in [3.63, 3.8) is 0 Å². The molecule has 1 atom stereocenters. The Kier molecular flexibility index (Phi) is 3.43. The average molecular weight is 256 g/mol. The van der Waals surface area contributed by atoms with E-state index in [4.69, 9.17) is 4.74 Å². The van der Waals surface area contributed by atoms with Crippen LogP contribution >= 0.6 is 0 Å². The Hall–Kier alpha value is -1.00. The van der Waals surface area contributed by atoms with Crippen LogP contribution < -0.4 is 0 Å². The highest BCUT2D eigenvalue weighted by atomic mass is 19.1. The fourth-order valence-electron chi connectivity index (χ4n) is 2.62. The molecule has 1 unspecified atom stereocenters. The second-order valence-electron chi connectivity index (χ2n) is 5.67. The largest absolute Gasteiger partial charge is 0.389 e. The predicted octanol–water partition coefficient (Wildman–Crippen LogP) is 2.83. The Morgan fingerprint density at radius 2 is 2.06 bits per heavy atom. The number of halogens is 2. The lowest BCUT2D eigenvalue weighted by Crippen LogP contribution is -2.47. The SMILES string of the molecule is CC1(C)CC(O)(Cc2ccc(F)cc2F)CCO1. The van der Waals surface area contributed by atoms with Crippen LogP contribution in [0.3, 0.4) is 0 Å². The van der Waals surface area contributed by atoms with Gasteiger partial charge in [-0.3, -0.25) is 0 Å². The third-order valence-corrected chi connectivity index (χ3v) is 3.35. The van der Waals surface area contributed by atoms with E-state index in [1.54, 1.807) is 0 Å². The van der Waals surface area contributed by atoms with Gasteiger partial charge in [-0.15, -0.1) is 0 Å². The molecule has 1 aliphatic rings. The first-order chi connectivity index (χ1) is 8.30. The van der Waals surface area contributed by atoms with E-state index in [0.29, 0.717) is 25.0 Å². The molecular formula is C14H18F2O2. The second-order valence-corrected chi connectivity index (χ2v) is 5.67. The Morgan fingerprint density at radius 1 is 1.33 bits per heavy atom. The normalized spacial score (nSPS) is 27.2. The first kappa shape index (κ1) is 13.4. The van der Waals surface area contributed by atoms with Gasteiger partial charge in [0.15, 0.2) is 0 Å². The third kappa shape index (κ3) is 3.06. The van der Waals surface area contributed by atoms with Crippen LogP contribution in [0, 0.1) is 11.6 Å². The fourth-order valence-corrected chi connectivity index (χ4v) is 2.62. The van der Waals surface area contributed by atoms with Gasteiger partial charge in [-0.1, -0.05) is 6.07 Å². The molecule has 2 rings (SSSR count). The summed E-state index contributed by atoms with van der Waals surface area (Å²) in [5, 5.41) is 10.5. The Bertz CT molecular complexity index is 445. The Balaban J connectivity index is 2.17. The fraction of sp³-hybridized carbons (Fsp3) is 0.571. The molecule has 18 heavy (non-hydrogen) atoms. The highest BCUT2D eigenvalue weighted by Crippen LogP contribution is 2.34. The summed E-state index contributed by atoms with van der Waals surface area (Å²) in [5.41, 5.74) is -1.05. The van der Waals surface area contributed by atoms with Crippen LogP contribution in [0.2, 0.25) is 0 Å². The van der Waals surface area contributed by atoms with Crippen molar-refractivity contribution in [2.75, 3.05) is 6.61 Å². The zero-order valence-electron chi connectivity index (χ0n) is 10.7. The smallest absolute Gasteiger partial charge is 0.129 e. The van der Waals surface area contributed by atoms with Gasteiger partial charge in [0.2, 0.25) is 0 Å². The van der Waals surface area contributed by atoms with Gasteiger partial charge in [0.1, 0.15) is 11.6 Å². The standard InChI is InChI=1S/C14H18F2O2/c1-13(2)9-14(17,5-6-18-13)8-10-3-4-11(15)7-12(10)16/h3-4,7,17H,5-6,8-9H2,1-2H3. The topological polar surface area (TPSA) is 29.5 Å². The number of ether oxygens (including phenoxy) is 1. The lowest BCUT2D eigenvalue weighted by Gasteiger charge is -2.41. The van der Waals surface area contributed by atoms with E-state index in [-0.39, 0.29) is 6.42 Å². The average Bonchev–Trinajstić information content (AvgIpc) is 2.20. The molecule has 1 heterocycles. The van der Waals surface area contributed by atoms with Gasteiger partial charge < -0.3 is 9.84 Å². The molecule has 0 aromatic heterocycles. The molecule has 4 heteroatoms. The third-order valence-electron chi connectivity index (χ3n) is 3.35. The van der Waals surface area contributed by atoms with Crippen LogP contribution in [-0.2, 0) is 11.2 Å². The first-order valence-corrected chi connectivity index (χ1v) is 6.10. The van der Waals surface area contributed by atoms with Crippen molar-refractivity contribution < 1.29 is 18.6 Å². The van der Waals surface area contributed by atoms with Gasteiger partial charge in [0.05, 0.1) is 17.8 Å². The summed E-state index contributed by atoms with van der Waals surface area (Å²) in [6, 6.07) is 3.46. The molecule has 0 radical (unpaired) electrons. The van der Waals surface area contributed by atoms with Crippen LogP contribution in [-0.4, -0.2) is 22.9 Å². The molecule has 0 bridgehead atoms. The lowest BCUT2D eigenvalue weighted by molar-refractivity contribution is -0.143. The summed E-state index contributed by atoms with van der Waals surface area (Å²) in [6.07, 6.45) is 1.09. The summed E-state index contributed by atoms with van der Waals surface area (Å²) < 4.78 is 31.9. The molecule has 0 amide bonds. The van der Waals surface area contributed by atoms with Crippen LogP contribution in [0.25, 0.3) is 0 Å². The van der Waals surface area contributed by atoms with Crippen molar-refractivity contribution in [1.29, 1.82) is 0 Å². The zero-order valence-corrected chi connectivity index (χ0v) is 10.7. The summed E-state index contributed by atoms with van der Waals surface area (Å²) in [7, 11) is 0. The molecular weight excluding hydrogens is 238 g/mol. The maximum atomic E-state index is 13.6. The lowest BCUT2D eigenvalue weighted by atomic mass is 9.80. The first-order valence-electron chi connectivity index (χ1n) is 6.10. The van der Waals surface area contributed by atoms with Gasteiger partial charge in [0, 0.05) is 18.9 Å². The van der Waals surface area contributed by atoms with Crippen molar-refractivity contribution in [3.05, 3.63) is 35.4 Å². The van der Waals surface area contributed by atoms with Crippen molar-refractivity contribution in [2.24, 2.45) is 0 Å². The van der Waals surface area contributed by atoms with E-state index in [2.05, 4.69) is 0 Å². The predicted molar refractivity (Wildman–Crippen MR) is 64.3 cm³/mol. The second kappa shape index (κ2) is 4.59. The van der Waals surface area contributed by atoms with Crippen molar-refractivity contribution in [2.45, 2.75) is 44.3 Å². The summed E-state index contributed by atoms with van der Waals surface area (Å²) in [5.74, 6) is -1.21. The van der Waals surface area contributed by atoms with Crippen LogP contribution in [0.15, 0.2) is 18.2 Å². The van der Waals surface area contributed by atoms with E-state index in [9.17, 15) is 13.9 Å². The molecule has 1 fully saturated rings. The van der Waals surface area contributed by atoms with Crippen LogP contribution in [0.1, 0.15) is 32.3 Å². The minimum atomic E-state index is -0.986. The van der Waals surface area contributed by atoms with Crippen LogP contribution in [0.5, 0.6) is 0 Å². The molecule has 2 nitrogen and oxygen atoms in total. The monoisotopic (exact) mass is 256 g/mol. The number of hydrogen-bond donors (Lipinski definition) is 1. The molecule has 1 N–H and O–H groups in total. The Morgan fingerprint density at radius 3 is 2.67 bits per heavy atom.